The van der Waals surface area contributed by atoms with Crippen molar-refractivity contribution in [3.05, 3.63) is 38.9 Å². The van der Waals surface area contributed by atoms with Crippen LogP contribution < -0.4 is 0 Å². The van der Waals surface area contributed by atoms with Crippen LogP contribution in [0.5, 0.6) is 0 Å². The van der Waals surface area contributed by atoms with Crippen LogP contribution in [-0.4, -0.2) is 15.0 Å². The van der Waals surface area contributed by atoms with E-state index in [2.05, 4.69) is 58.3 Å². The fourth-order valence-corrected chi connectivity index (χ4v) is 2.77. The molecule has 0 N–H and O–H groups in total. The van der Waals surface area contributed by atoms with Crippen molar-refractivity contribution in [3.8, 4) is 11.4 Å². The molecule has 3 nitrogen and oxygen atoms in total. The van der Waals surface area contributed by atoms with Crippen molar-refractivity contribution in [2.24, 2.45) is 0 Å². The maximum absolute atomic E-state index is 6.20. The van der Waals surface area contributed by atoms with E-state index in [-0.39, 0.29) is 5.41 Å². The fourth-order valence-electron chi connectivity index (χ4n) is 1.55. The molecule has 0 aliphatic heterocycles. The largest absolute Gasteiger partial charge is 0.265 e. The molecule has 2 aromatic rings. The van der Waals surface area contributed by atoms with E-state index >= 15 is 0 Å². The van der Waals surface area contributed by atoms with E-state index in [4.69, 9.17) is 11.6 Å². The van der Waals surface area contributed by atoms with Gasteiger partial charge in [-0.1, -0.05) is 32.4 Å². The molecule has 94 valence electrons. The molecule has 0 saturated heterocycles. The van der Waals surface area contributed by atoms with Gasteiger partial charge in [0.15, 0.2) is 5.82 Å². The van der Waals surface area contributed by atoms with Crippen molar-refractivity contribution in [2.45, 2.75) is 26.2 Å². The summed E-state index contributed by atoms with van der Waals surface area (Å²) >= 11 is 8.40. The summed E-state index contributed by atoms with van der Waals surface area (Å²) in [6, 6.07) is 3.76. The second-order valence-corrected chi connectivity index (χ2v) is 6.42. The van der Waals surface area contributed by atoms with E-state index in [9.17, 15) is 0 Å². The minimum atomic E-state index is -0.0646. The third-order valence-electron chi connectivity index (χ3n) is 2.46. The van der Waals surface area contributed by atoms with Gasteiger partial charge in [-0.25, -0.2) is 9.97 Å². The van der Waals surface area contributed by atoms with Gasteiger partial charge in [-0.05, 0) is 34.7 Å². The molecule has 0 radical (unpaired) electrons. The Morgan fingerprint density at radius 2 is 1.72 bits per heavy atom. The second-order valence-electron chi connectivity index (χ2n) is 4.99. The molecule has 0 saturated carbocycles. The number of rotatable bonds is 1. The van der Waals surface area contributed by atoms with Gasteiger partial charge in [-0.15, -0.1) is 0 Å². The Morgan fingerprint density at radius 3 is 2.28 bits per heavy atom. The molecule has 0 atom stereocenters. The lowest BCUT2D eigenvalue weighted by molar-refractivity contribution is 0.563. The summed E-state index contributed by atoms with van der Waals surface area (Å²) in [4.78, 5) is 13.0. The zero-order valence-electron chi connectivity index (χ0n) is 10.4. The number of halogens is 2. The van der Waals surface area contributed by atoms with Crippen molar-refractivity contribution < 1.29 is 0 Å². The lowest BCUT2D eigenvalue weighted by Gasteiger charge is -2.20. The number of pyridine rings is 1. The lowest BCUT2D eigenvalue weighted by Crippen LogP contribution is -2.17. The highest BCUT2D eigenvalue weighted by atomic mass is 127. The molecule has 0 fully saturated rings. The Labute approximate surface area is 125 Å². The quantitative estimate of drug-likeness (QED) is 0.558. The average Bonchev–Trinajstić information content (AvgIpc) is 2.32. The molecule has 5 heteroatoms. The zero-order chi connectivity index (χ0) is 13.3. The van der Waals surface area contributed by atoms with Gasteiger partial charge in [0.25, 0.3) is 0 Å². The van der Waals surface area contributed by atoms with Gasteiger partial charge in [0.2, 0.25) is 0 Å². The first-order chi connectivity index (χ1) is 8.39. The first-order valence-corrected chi connectivity index (χ1v) is 6.99. The molecule has 0 amide bonds. The van der Waals surface area contributed by atoms with E-state index < -0.39 is 0 Å². The Morgan fingerprint density at radius 1 is 1.11 bits per heavy atom. The Kier molecular flexibility index (Phi) is 3.87. The summed E-state index contributed by atoms with van der Waals surface area (Å²) < 4.78 is 0.916. The first-order valence-electron chi connectivity index (χ1n) is 5.53. The number of aromatic nitrogens is 3. The molecule has 2 heterocycles. The number of hydrogen-bond acceptors (Lipinski definition) is 3. The van der Waals surface area contributed by atoms with E-state index in [1.165, 1.54) is 0 Å². The van der Waals surface area contributed by atoms with Gasteiger partial charge < -0.3 is 0 Å². The molecule has 0 aromatic carbocycles. The smallest absolute Gasteiger partial charge is 0.161 e. The van der Waals surface area contributed by atoms with Crippen molar-refractivity contribution in [2.75, 3.05) is 0 Å². The molecule has 0 spiro atoms. The molecular formula is C13H13ClIN3. The van der Waals surface area contributed by atoms with E-state index in [0.29, 0.717) is 11.0 Å². The second kappa shape index (κ2) is 5.09. The Hall–Kier alpha value is -0.750. The van der Waals surface area contributed by atoms with Crippen LogP contribution in [0.1, 0.15) is 26.5 Å². The van der Waals surface area contributed by atoms with Gasteiger partial charge >= 0.3 is 0 Å². The van der Waals surface area contributed by atoms with Crippen LogP contribution in [0.4, 0.5) is 0 Å². The van der Waals surface area contributed by atoms with Gasteiger partial charge in [0.05, 0.1) is 9.26 Å². The molecular weight excluding hydrogens is 361 g/mol. The van der Waals surface area contributed by atoms with Crippen molar-refractivity contribution in [3.63, 3.8) is 0 Å². The van der Waals surface area contributed by atoms with E-state index in [1.807, 2.05) is 12.1 Å². The predicted octanol–water partition coefficient (Wildman–Crippen LogP) is 4.09. The van der Waals surface area contributed by atoms with Gasteiger partial charge in [0.1, 0.15) is 5.15 Å². The Bertz CT molecular complexity index is 564. The monoisotopic (exact) mass is 373 g/mol. The number of nitrogens with zero attached hydrogens (tertiary/aromatic N) is 3. The summed E-state index contributed by atoms with van der Waals surface area (Å²) in [5.41, 5.74) is 1.83. The summed E-state index contributed by atoms with van der Waals surface area (Å²) in [6.45, 7) is 6.35. The highest BCUT2D eigenvalue weighted by Gasteiger charge is 2.22. The van der Waals surface area contributed by atoms with Gasteiger partial charge in [-0.3, -0.25) is 4.98 Å². The fraction of sp³-hybridized carbons (Fsp3) is 0.308. The topological polar surface area (TPSA) is 38.7 Å². The third kappa shape index (κ3) is 2.80. The van der Waals surface area contributed by atoms with Crippen LogP contribution in [0.15, 0.2) is 24.5 Å². The van der Waals surface area contributed by atoms with Crippen LogP contribution >= 0.6 is 34.2 Å². The maximum atomic E-state index is 6.20. The summed E-state index contributed by atoms with van der Waals surface area (Å²) in [5, 5.41) is 0.502. The van der Waals surface area contributed by atoms with Crippen LogP contribution in [0, 0.1) is 3.57 Å². The van der Waals surface area contributed by atoms with Crippen LogP contribution in [-0.2, 0) is 5.41 Å². The molecule has 0 unspecified atom stereocenters. The minimum Gasteiger partial charge on any atom is -0.265 e. The highest BCUT2D eigenvalue weighted by Crippen LogP contribution is 2.31. The Balaban J connectivity index is 2.62. The first kappa shape index (κ1) is 13.7. The standard InChI is InChI=1S/C13H13ClIN3/c1-13(2,3)10-9(15)11(14)18-12(17-10)8-4-6-16-7-5-8/h4-7H,1-3H3. The SMILES string of the molecule is CC(C)(C)c1nc(-c2ccncc2)nc(Cl)c1I. The predicted molar refractivity (Wildman–Crippen MR) is 81.7 cm³/mol. The van der Waals surface area contributed by atoms with Crippen molar-refractivity contribution >= 4 is 34.2 Å². The van der Waals surface area contributed by atoms with Crippen molar-refractivity contribution in [1.82, 2.24) is 15.0 Å². The maximum Gasteiger partial charge on any atom is 0.161 e. The third-order valence-corrected chi connectivity index (χ3v) is 4.07. The van der Waals surface area contributed by atoms with Gasteiger partial charge in [-0.2, -0.15) is 0 Å². The summed E-state index contributed by atoms with van der Waals surface area (Å²) in [7, 11) is 0. The highest BCUT2D eigenvalue weighted by molar-refractivity contribution is 14.1. The molecule has 2 rings (SSSR count). The molecule has 0 bridgehead atoms. The molecule has 0 aliphatic rings. The normalized spacial score (nSPS) is 11.6. The molecule has 0 aliphatic carbocycles. The summed E-state index contributed by atoms with van der Waals surface area (Å²) in [5.74, 6) is 0.646. The van der Waals surface area contributed by atoms with Crippen LogP contribution in [0.25, 0.3) is 11.4 Å². The average molecular weight is 374 g/mol. The zero-order valence-corrected chi connectivity index (χ0v) is 13.3. The van der Waals surface area contributed by atoms with E-state index in [0.717, 1.165) is 14.8 Å². The van der Waals surface area contributed by atoms with E-state index in [1.54, 1.807) is 12.4 Å². The summed E-state index contributed by atoms with van der Waals surface area (Å²) in [6.07, 6.45) is 3.45. The number of hydrogen-bond donors (Lipinski definition) is 0. The van der Waals surface area contributed by atoms with Crippen LogP contribution in [0.3, 0.4) is 0 Å². The lowest BCUT2D eigenvalue weighted by atomic mass is 9.92. The van der Waals surface area contributed by atoms with Crippen LogP contribution in [0.2, 0.25) is 5.15 Å². The minimum absolute atomic E-state index is 0.0646. The molecule has 2 aromatic heterocycles. The van der Waals surface area contributed by atoms with Gasteiger partial charge in [0, 0.05) is 23.4 Å². The molecule has 18 heavy (non-hydrogen) atoms. The van der Waals surface area contributed by atoms with Crippen molar-refractivity contribution in [1.29, 1.82) is 0 Å².